The summed E-state index contributed by atoms with van der Waals surface area (Å²) in [6, 6.07) is 29.7. The molecular formula is C36H40BrN3O4S2. The number of carbonyl (C=O) groups excluding carboxylic acids is 2. The van der Waals surface area contributed by atoms with Crippen LogP contribution in [0.2, 0.25) is 0 Å². The number of nitrogens with one attached hydrogen (secondary N) is 1. The van der Waals surface area contributed by atoms with Gasteiger partial charge in [-0.15, -0.1) is 11.8 Å². The first kappa shape index (κ1) is 35.3. The maximum absolute atomic E-state index is 14.6. The fourth-order valence-corrected chi connectivity index (χ4v) is 6.98. The third kappa shape index (κ3) is 9.24. The minimum absolute atomic E-state index is 0.0773. The third-order valence-electron chi connectivity index (χ3n) is 7.79. The number of thioether (sulfide) groups is 1. The zero-order valence-electron chi connectivity index (χ0n) is 26.5. The number of anilines is 1. The number of carbonyl (C=O) groups is 2. The molecule has 0 radical (unpaired) electrons. The molecule has 0 unspecified atom stereocenters. The molecule has 10 heteroatoms. The Balaban J connectivity index is 1.80. The van der Waals surface area contributed by atoms with E-state index < -0.39 is 28.5 Å². The van der Waals surface area contributed by atoms with E-state index in [4.69, 9.17) is 0 Å². The van der Waals surface area contributed by atoms with E-state index in [1.807, 2.05) is 93.8 Å². The molecule has 1 N–H and O–H groups in total. The molecule has 0 saturated carbocycles. The molecule has 0 spiro atoms. The van der Waals surface area contributed by atoms with Crippen LogP contribution in [0.5, 0.6) is 0 Å². The summed E-state index contributed by atoms with van der Waals surface area (Å²) in [5.41, 5.74) is 3.01. The van der Waals surface area contributed by atoms with Crippen LogP contribution in [0.1, 0.15) is 37.0 Å². The van der Waals surface area contributed by atoms with Gasteiger partial charge in [-0.1, -0.05) is 83.0 Å². The number of hydrogen-bond acceptors (Lipinski definition) is 5. The molecule has 0 heterocycles. The van der Waals surface area contributed by atoms with Crippen molar-refractivity contribution in [1.29, 1.82) is 0 Å². The van der Waals surface area contributed by atoms with Crippen LogP contribution in [0.15, 0.2) is 117 Å². The molecule has 4 rings (SSSR count). The Kier molecular flexibility index (Phi) is 12.5. The van der Waals surface area contributed by atoms with Gasteiger partial charge in [0.25, 0.3) is 10.0 Å². The monoisotopic (exact) mass is 721 g/mol. The van der Waals surface area contributed by atoms with Crippen molar-refractivity contribution in [2.24, 2.45) is 0 Å². The van der Waals surface area contributed by atoms with Crippen LogP contribution in [-0.4, -0.2) is 50.0 Å². The fourth-order valence-electron chi connectivity index (χ4n) is 4.90. The predicted molar refractivity (Wildman–Crippen MR) is 190 cm³/mol. The lowest BCUT2D eigenvalue weighted by molar-refractivity contribution is -0.140. The number of amides is 2. The first-order valence-electron chi connectivity index (χ1n) is 15.1. The van der Waals surface area contributed by atoms with E-state index in [1.165, 1.54) is 16.7 Å². The highest BCUT2D eigenvalue weighted by molar-refractivity contribution is 9.10. The Morgan fingerprint density at radius 3 is 2.09 bits per heavy atom. The lowest BCUT2D eigenvalue weighted by Gasteiger charge is -2.34. The molecule has 4 aromatic carbocycles. The van der Waals surface area contributed by atoms with Crippen LogP contribution in [0, 0.1) is 6.92 Å². The molecule has 0 aliphatic heterocycles. The van der Waals surface area contributed by atoms with Crippen molar-refractivity contribution >= 4 is 55.2 Å². The summed E-state index contributed by atoms with van der Waals surface area (Å²) in [6.45, 7) is 5.44. The molecule has 0 fully saturated rings. The average Bonchev–Trinajstić information content (AvgIpc) is 3.06. The van der Waals surface area contributed by atoms with Gasteiger partial charge in [0.05, 0.1) is 10.6 Å². The molecule has 242 valence electrons. The maximum Gasteiger partial charge on any atom is 0.264 e. The molecule has 2 amide bonds. The molecule has 0 aliphatic rings. The van der Waals surface area contributed by atoms with E-state index in [1.54, 1.807) is 36.4 Å². The topological polar surface area (TPSA) is 86.8 Å². The van der Waals surface area contributed by atoms with Crippen LogP contribution in [-0.2, 0) is 32.6 Å². The normalized spacial score (nSPS) is 12.6. The predicted octanol–water partition coefficient (Wildman–Crippen LogP) is 7.23. The van der Waals surface area contributed by atoms with E-state index in [-0.39, 0.29) is 29.8 Å². The highest BCUT2D eigenvalue weighted by atomic mass is 79.9. The second kappa shape index (κ2) is 16.3. The van der Waals surface area contributed by atoms with Crippen molar-refractivity contribution in [3.8, 4) is 0 Å². The van der Waals surface area contributed by atoms with Crippen LogP contribution >= 0.6 is 27.7 Å². The van der Waals surface area contributed by atoms with Gasteiger partial charge >= 0.3 is 0 Å². The van der Waals surface area contributed by atoms with Crippen LogP contribution < -0.4 is 9.62 Å². The van der Waals surface area contributed by atoms with Gasteiger partial charge in [0.1, 0.15) is 12.6 Å². The summed E-state index contributed by atoms with van der Waals surface area (Å²) in [4.78, 5) is 31.0. The Bertz CT molecular complexity index is 1700. The second-order valence-electron chi connectivity index (χ2n) is 11.2. The lowest BCUT2D eigenvalue weighted by Crippen LogP contribution is -2.54. The van der Waals surface area contributed by atoms with Crippen molar-refractivity contribution in [1.82, 2.24) is 10.2 Å². The van der Waals surface area contributed by atoms with Gasteiger partial charge in [-0.25, -0.2) is 8.42 Å². The maximum atomic E-state index is 14.6. The van der Waals surface area contributed by atoms with Crippen molar-refractivity contribution in [2.45, 2.75) is 62.0 Å². The van der Waals surface area contributed by atoms with E-state index in [2.05, 4.69) is 21.2 Å². The van der Waals surface area contributed by atoms with Gasteiger partial charge in [0.2, 0.25) is 11.8 Å². The first-order chi connectivity index (χ1) is 22.0. The standard InChI is InChI=1S/C36H40BrN3O4S2/c1-5-27(3)38-36(42)34(23-28-9-7-6-8-10-28)39(24-29-13-15-30(37)16-14-29)35(41)25-40(31-17-11-26(2)12-18-31)46(43,44)33-21-19-32(45-4)20-22-33/h6-22,27,34H,5,23-25H2,1-4H3,(H,38,42)/t27-,34+/m0/s1. The number of nitrogens with zero attached hydrogens (tertiary/aromatic N) is 2. The third-order valence-corrected chi connectivity index (χ3v) is 10.8. The molecule has 0 aliphatic carbocycles. The fraction of sp³-hybridized carbons (Fsp3) is 0.278. The van der Waals surface area contributed by atoms with Crippen molar-refractivity contribution < 1.29 is 18.0 Å². The van der Waals surface area contributed by atoms with Crippen LogP contribution in [0.4, 0.5) is 5.69 Å². The second-order valence-corrected chi connectivity index (χ2v) is 14.9. The minimum Gasteiger partial charge on any atom is -0.352 e. The number of hydrogen-bond donors (Lipinski definition) is 1. The highest BCUT2D eigenvalue weighted by Gasteiger charge is 2.35. The number of aryl methyl sites for hydroxylation is 1. The van der Waals surface area contributed by atoms with Gasteiger partial charge in [0, 0.05) is 28.4 Å². The minimum atomic E-state index is -4.16. The smallest absolute Gasteiger partial charge is 0.264 e. The van der Waals surface area contributed by atoms with E-state index in [0.717, 1.165) is 36.8 Å². The summed E-state index contributed by atoms with van der Waals surface area (Å²) >= 11 is 4.98. The van der Waals surface area contributed by atoms with E-state index in [0.29, 0.717) is 5.69 Å². The van der Waals surface area contributed by atoms with Crippen molar-refractivity contribution in [3.63, 3.8) is 0 Å². The number of rotatable bonds is 14. The summed E-state index contributed by atoms with van der Waals surface area (Å²) in [7, 11) is -4.16. The summed E-state index contributed by atoms with van der Waals surface area (Å²) in [5, 5.41) is 3.06. The van der Waals surface area contributed by atoms with Crippen molar-refractivity contribution in [3.05, 3.63) is 124 Å². The Hall–Kier alpha value is -3.60. The van der Waals surface area contributed by atoms with Gasteiger partial charge in [-0.3, -0.25) is 13.9 Å². The lowest BCUT2D eigenvalue weighted by atomic mass is 10.0. The Morgan fingerprint density at radius 1 is 0.870 bits per heavy atom. The Labute approximate surface area is 285 Å². The molecule has 4 aromatic rings. The van der Waals surface area contributed by atoms with Gasteiger partial charge in [-0.05, 0) is 86.2 Å². The number of benzene rings is 4. The molecule has 0 saturated heterocycles. The molecule has 0 bridgehead atoms. The van der Waals surface area contributed by atoms with Gasteiger partial charge < -0.3 is 10.2 Å². The molecular weight excluding hydrogens is 682 g/mol. The summed E-state index contributed by atoms with van der Waals surface area (Å²) in [6.07, 6.45) is 2.90. The zero-order chi connectivity index (χ0) is 33.3. The highest BCUT2D eigenvalue weighted by Crippen LogP contribution is 2.27. The molecule has 0 aromatic heterocycles. The Morgan fingerprint density at radius 2 is 1.50 bits per heavy atom. The quantitative estimate of drug-likeness (QED) is 0.139. The first-order valence-corrected chi connectivity index (χ1v) is 18.6. The van der Waals surface area contributed by atoms with Gasteiger partial charge in [0.15, 0.2) is 0 Å². The number of sulfonamides is 1. The molecule has 2 atom stereocenters. The average molecular weight is 723 g/mol. The number of halogens is 1. The van der Waals surface area contributed by atoms with Crippen LogP contribution in [0.25, 0.3) is 0 Å². The SMILES string of the molecule is CC[C@H](C)NC(=O)[C@@H](Cc1ccccc1)N(Cc1ccc(Br)cc1)C(=O)CN(c1ccc(C)cc1)S(=O)(=O)c1ccc(SC)cc1. The van der Waals surface area contributed by atoms with E-state index in [9.17, 15) is 18.0 Å². The largest absolute Gasteiger partial charge is 0.352 e. The van der Waals surface area contributed by atoms with Crippen LogP contribution in [0.3, 0.4) is 0 Å². The zero-order valence-corrected chi connectivity index (χ0v) is 29.7. The van der Waals surface area contributed by atoms with E-state index >= 15 is 0 Å². The summed E-state index contributed by atoms with van der Waals surface area (Å²) in [5.74, 6) is -0.783. The van der Waals surface area contributed by atoms with Gasteiger partial charge in [-0.2, -0.15) is 0 Å². The summed E-state index contributed by atoms with van der Waals surface area (Å²) < 4.78 is 30.5. The molecule has 7 nitrogen and oxygen atoms in total. The molecule has 46 heavy (non-hydrogen) atoms. The van der Waals surface area contributed by atoms with Crippen molar-refractivity contribution in [2.75, 3.05) is 17.1 Å².